The van der Waals surface area contributed by atoms with E-state index in [0.717, 1.165) is 0 Å². The number of hydrogen-bond acceptors (Lipinski definition) is 4. The van der Waals surface area contributed by atoms with Crippen molar-refractivity contribution in [2.75, 3.05) is 26.9 Å². The fourth-order valence-electron chi connectivity index (χ4n) is 1.87. The van der Waals surface area contributed by atoms with Crippen LogP contribution in [0.25, 0.3) is 0 Å². The smallest absolute Gasteiger partial charge is 0.311 e. The SMILES string of the molecule is COCC(C)CC(=O)NC1COCC1C(=O)O. The molecule has 0 bridgehead atoms. The number of ether oxygens (including phenoxy) is 2. The Morgan fingerprint density at radius 2 is 2.24 bits per heavy atom. The van der Waals surface area contributed by atoms with Crippen LogP contribution >= 0.6 is 0 Å². The molecule has 98 valence electrons. The molecule has 1 fully saturated rings. The molecule has 0 aromatic rings. The summed E-state index contributed by atoms with van der Waals surface area (Å²) in [6, 6.07) is -0.422. The first-order valence-electron chi connectivity index (χ1n) is 5.63. The number of hydrogen-bond donors (Lipinski definition) is 2. The topological polar surface area (TPSA) is 84.9 Å². The number of aliphatic carboxylic acids is 1. The molecule has 0 aliphatic carbocycles. The fourth-order valence-corrected chi connectivity index (χ4v) is 1.87. The van der Waals surface area contributed by atoms with E-state index in [1.54, 1.807) is 7.11 Å². The molecule has 17 heavy (non-hydrogen) atoms. The summed E-state index contributed by atoms with van der Waals surface area (Å²) in [5, 5.41) is 11.6. The van der Waals surface area contributed by atoms with Crippen LogP contribution in [0.3, 0.4) is 0 Å². The number of carbonyl (C=O) groups is 2. The standard InChI is InChI=1S/C11H19NO5/c1-7(4-16-2)3-10(13)12-9-6-17-5-8(9)11(14)15/h7-9H,3-6H2,1-2H3,(H,12,13)(H,14,15). The van der Waals surface area contributed by atoms with Gasteiger partial charge in [0.2, 0.25) is 5.91 Å². The van der Waals surface area contributed by atoms with E-state index < -0.39 is 17.9 Å². The van der Waals surface area contributed by atoms with E-state index in [4.69, 9.17) is 14.6 Å². The first-order chi connectivity index (χ1) is 8.04. The third-order valence-corrected chi connectivity index (χ3v) is 2.73. The maximum atomic E-state index is 11.6. The Hall–Kier alpha value is -1.14. The highest BCUT2D eigenvalue weighted by Crippen LogP contribution is 2.14. The number of nitrogens with one attached hydrogen (secondary N) is 1. The molecule has 2 N–H and O–H groups in total. The first kappa shape index (κ1) is 13.9. The largest absolute Gasteiger partial charge is 0.481 e. The molecule has 0 saturated carbocycles. The molecule has 1 amide bonds. The maximum absolute atomic E-state index is 11.6. The van der Waals surface area contributed by atoms with Crippen LogP contribution in [0.4, 0.5) is 0 Å². The van der Waals surface area contributed by atoms with Gasteiger partial charge in [0.15, 0.2) is 0 Å². The van der Waals surface area contributed by atoms with Gasteiger partial charge in [0, 0.05) is 20.1 Å². The Morgan fingerprint density at radius 1 is 1.53 bits per heavy atom. The van der Waals surface area contributed by atoms with E-state index in [1.807, 2.05) is 6.92 Å². The summed E-state index contributed by atoms with van der Waals surface area (Å²) in [6.07, 6.45) is 0.330. The van der Waals surface area contributed by atoms with Crippen molar-refractivity contribution >= 4 is 11.9 Å². The molecular formula is C11H19NO5. The lowest BCUT2D eigenvalue weighted by Crippen LogP contribution is -2.43. The maximum Gasteiger partial charge on any atom is 0.311 e. The Labute approximate surface area is 100 Å². The average molecular weight is 245 g/mol. The summed E-state index contributed by atoms with van der Waals surface area (Å²) in [7, 11) is 1.58. The Kier molecular flexibility index (Phi) is 5.37. The third kappa shape index (κ3) is 4.32. The highest BCUT2D eigenvalue weighted by atomic mass is 16.5. The van der Waals surface area contributed by atoms with E-state index >= 15 is 0 Å². The van der Waals surface area contributed by atoms with Gasteiger partial charge in [-0.05, 0) is 5.92 Å². The number of carbonyl (C=O) groups excluding carboxylic acids is 1. The minimum Gasteiger partial charge on any atom is -0.481 e. The van der Waals surface area contributed by atoms with Gasteiger partial charge in [-0.3, -0.25) is 9.59 Å². The van der Waals surface area contributed by atoms with E-state index in [1.165, 1.54) is 0 Å². The summed E-state index contributed by atoms with van der Waals surface area (Å²) in [5.41, 5.74) is 0. The molecule has 0 aromatic carbocycles. The molecule has 1 rings (SSSR count). The molecule has 0 spiro atoms. The number of carboxylic acid groups (broad SMARTS) is 1. The first-order valence-corrected chi connectivity index (χ1v) is 5.63. The zero-order valence-corrected chi connectivity index (χ0v) is 10.1. The van der Waals surface area contributed by atoms with Crippen LogP contribution in [-0.2, 0) is 19.1 Å². The van der Waals surface area contributed by atoms with Crippen molar-refractivity contribution in [3.8, 4) is 0 Å². The summed E-state index contributed by atoms with van der Waals surface area (Å²) in [5.74, 6) is -1.61. The Balaban J connectivity index is 2.37. The number of rotatable bonds is 6. The van der Waals surface area contributed by atoms with Crippen LogP contribution < -0.4 is 5.32 Å². The van der Waals surface area contributed by atoms with Crippen LogP contribution in [0.5, 0.6) is 0 Å². The van der Waals surface area contributed by atoms with Gasteiger partial charge >= 0.3 is 5.97 Å². The molecule has 1 aliphatic heterocycles. The molecule has 0 aromatic heterocycles. The van der Waals surface area contributed by atoms with Crippen molar-refractivity contribution in [3.05, 3.63) is 0 Å². The molecule has 1 heterocycles. The number of carboxylic acids is 1. The van der Waals surface area contributed by atoms with Crippen molar-refractivity contribution in [1.82, 2.24) is 5.32 Å². The van der Waals surface area contributed by atoms with Gasteiger partial charge in [-0.15, -0.1) is 0 Å². The lowest BCUT2D eigenvalue weighted by molar-refractivity contribution is -0.142. The predicted molar refractivity (Wildman–Crippen MR) is 59.5 cm³/mol. The molecule has 6 nitrogen and oxygen atoms in total. The Bertz CT molecular complexity index is 281. The second-order valence-electron chi connectivity index (χ2n) is 4.42. The van der Waals surface area contributed by atoms with Crippen LogP contribution in [0, 0.1) is 11.8 Å². The monoisotopic (exact) mass is 245 g/mol. The van der Waals surface area contributed by atoms with Gasteiger partial charge in [0.05, 0.1) is 19.3 Å². The van der Waals surface area contributed by atoms with Gasteiger partial charge in [-0.25, -0.2) is 0 Å². The lowest BCUT2D eigenvalue weighted by atomic mass is 10.0. The number of methoxy groups -OCH3 is 1. The predicted octanol–water partition coefficient (Wildman–Crippen LogP) is -0.125. The molecule has 1 aliphatic rings. The van der Waals surface area contributed by atoms with Crippen molar-refractivity contribution in [1.29, 1.82) is 0 Å². The fraction of sp³-hybridized carbons (Fsp3) is 0.818. The summed E-state index contributed by atoms with van der Waals surface area (Å²) >= 11 is 0. The molecule has 6 heteroatoms. The third-order valence-electron chi connectivity index (χ3n) is 2.73. The van der Waals surface area contributed by atoms with Crippen LogP contribution in [0.15, 0.2) is 0 Å². The lowest BCUT2D eigenvalue weighted by Gasteiger charge is -2.17. The summed E-state index contributed by atoms with van der Waals surface area (Å²) in [6.45, 7) is 2.84. The van der Waals surface area contributed by atoms with E-state index in [2.05, 4.69) is 5.32 Å². The molecule has 0 radical (unpaired) electrons. The van der Waals surface area contributed by atoms with Crippen molar-refractivity contribution in [2.24, 2.45) is 11.8 Å². The van der Waals surface area contributed by atoms with Crippen molar-refractivity contribution in [2.45, 2.75) is 19.4 Å². The summed E-state index contributed by atoms with van der Waals surface area (Å²) < 4.78 is 10.00. The van der Waals surface area contributed by atoms with Crippen molar-refractivity contribution < 1.29 is 24.2 Å². The van der Waals surface area contributed by atoms with E-state index in [9.17, 15) is 9.59 Å². The molecular weight excluding hydrogens is 226 g/mol. The normalized spacial score (nSPS) is 25.5. The zero-order valence-electron chi connectivity index (χ0n) is 10.1. The molecule has 3 unspecified atom stereocenters. The highest BCUT2D eigenvalue weighted by Gasteiger charge is 2.35. The Morgan fingerprint density at radius 3 is 2.82 bits per heavy atom. The highest BCUT2D eigenvalue weighted by molar-refractivity contribution is 5.78. The second kappa shape index (κ2) is 6.56. The van der Waals surface area contributed by atoms with Crippen LogP contribution in [0.2, 0.25) is 0 Å². The average Bonchev–Trinajstić information content (AvgIpc) is 2.65. The van der Waals surface area contributed by atoms with E-state index in [-0.39, 0.29) is 25.0 Å². The second-order valence-corrected chi connectivity index (χ2v) is 4.42. The number of amides is 1. The minimum absolute atomic E-state index is 0.116. The summed E-state index contributed by atoms with van der Waals surface area (Å²) in [4.78, 5) is 22.5. The zero-order chi connectivity index (χ0) is 12.8. The molecule has 1 saturated heterocycles. The van der Waals surface area contributed by atoms with Gasteiger partial charge in [0.25, 0.3) is 0 Å². The van der Waals surface area contributed by atoms with Gasteiger partial charge in [-0.2, -0.15) is 0 Å². The van der Waals surface area contributed by atoms with E-state index in [0.29, 0.717) is 13.0 Å². The van der Waals surface area contributed by atoms with Gasteiger partial charge < -0.3 is 19.9 Å². The quantitative estimate of drug-likeness (QED) is 0.681. The molecule has 3 atom stereocenters. The van der Waals surface area contributed by atoms with Gasteiger partial charge in [-0.1, -0.05) is 6.92 Å². The van der Waals surface area contributed by atoms with Crippen LogP contribution in [0.1, 0.15) is 13.3 Å². The minimum atomic E-state index is -0.933. The van der Waals surface area contributed by atoms with Gasteiger partial charge in [0.1, 0.15) is 5.92 Å². The van der Waals surface area contributed by atoms with Crippen molar-refractivity contribution in [3.63, 3.8) is 0 Å². The van der Waals surface area contributed by atoms with Crippen LogP contribution in [-0.4, -0.2) is 50.0 Å².